The molecule has 8 nitrogen and oxygen atoms in total. The summed E-state index contributed by atoms with van der Waals surface area (Å²) in [6, 6.07) is 24.2. The molecule has 2 atom stereocenters. The predicted octanol–water partition coefficient (Wildman–Crippen LogP) is 7.19. The van der Waals surface area contributed by atoms with Crippen molar-refractivity contribution in [2.75, 3.05) is 28.4 Å². The van der Waals surface area contributed by atoms with Crippen LogP contribution in [0, 0.1) is 0 Å². The Labute approximate surface area is 259 Å². The van der Waals surface area contributed by atoms with Crippen LogP contribution in [-0.4, -0.2) is 55.6 Å². The monoisotopic (exact) mass is 595 g/mol. The molecule has 0 bridgehead atoms. The van der Waals surface area contributed by atoms with E-state index in [4.69, 9.17) is 33.8 Å². The van der Waals surface area contributed by atoms with Crippen molar-refractivity contribution in [3.63, 3.8) is 0 Å². The summed E-state index contributed by atoms with van der Waals surface area (Å²) in [7, 11) is 6.57. The molecule has 3 aromatic carbocycles. The van der Waals surface area contributed by atoms with Crippen LogP contribution >= 0.6 is 0 Å². The summed E-state index contributed by atoms with van der Waals surface area (Å²) in [4.78, 5) is 4.94. The molecule has 0 saturated heterocycles. The molecule has 1 aromatic heterocycles. The smallest absolute Gasteiger partial charge is 0.213 e. The van der Waals surface area contributed by atoms with Gasteiger partial charge in [0.05, 0.1) is 40.7 Å². The molecule has 8 heteroatoms. The van der Waals surface area contributed by atoms with Crippen molar-refractivity contribution < 1.29 is 23.7 Å². The topological polar surface area (TPSA) is 76.3 Å². The number of ether oxygens (including phenoxy) is 5. The first-order chi connectivity index (χ1) is 21.4. The summed E-state index contributed by atoms with van der Waals surface area (Å²) in [5, 5.41) is 5.04. The number of methoxy groups -OCH3 is 4. The number of allylic oxidation sites excluding steroid dienone is 1. The Morgan fingerprint density at radius 3 is 2.09 bits per heavy atom. The fourth-order valence-electron chi connectivity index (χ4n) is 5.83. The lowest BCUT2D eigenvalue weighted by molar-refractivity contribution is -0.000558. The van der Waals surface area contributed by atoms with Crippen LogP contribution in [0.25, 0.3) is 11.3 Å². The van der Waals surface area contributed by atoms with Gasteiger partial charge in [0.1, 0.15) is 11.1 Å². The maximum Gasteiger partial charge on any atom is 0.213 e. The molecule has 0 spiro atoms. The van der Waals surface area contributed by atoms with Crippen molar-refractivity contribution in [3.05, 3.63) is 96.1 Å². The standard InChI is InChI=1S/C36H41N3O5/c1-7-36(35(2)19-11-21-37-35,20-18-26-14-16-30(40-3)32(22-26)42-5)44-34-24-29(28-15-17-31(41-4)33(23-28)43-6)38-39(34)25-27-12-9-8-10-13-27/h8-17,19,21-24H,7,18,20,25H2,1-6H3. The van der Waals surface area contributed by atoms with Crippen LogP contribution in [-0.2, 0) is 13.0 Å². The van der Waals surface area contributed by atoms with Crippen molar-refractivity contribution >= 4 is 6.21 Å². The first-order valence-corrected chi connectivity index (χ1v) is 14.8. The van der Waals surface area contributed by atoms with E-state index in [1.54, 1.807) is 28.4 Å². The van der Waals surface area contributed by atoms with Gasteiger partial charge < -0.3 is 23.7 Å². The minimum atomic E-state index is -0.674. The molecular formula is C36H41N3O5. The summed E-state index contributed by atoms with van der Waals surface area (Å²) in [5.74, 6) is 3.39. The van der Waals surface area contributed by atoms with E-state index in [9.17, 15) is 0 Å². The van der Waals surface area contributed by atoms with Crippen LogP contribution < -0.4 is 23.7 Å². The molecule has 0 radical (unpaired) electrons. The average Bonchev–Trinajstić information content (AvgIpc) is 3.69. The van der Waals surface area contributed by atoms with Gasteiger partial charge in [-0.2, -0.15) is 5.10 Å². The Balaban J connectivity index is 1.56. The Morgan fingerprint density at radius 1 is 0.773 bits per heavy atom. The van der Waals surface area contributed by atoms with Gasteiger partial charge in [0.25, 0.3) is 0 Å². The van der Waals surface area contributed by atoms with Crippen LogP contribution in [0.2, 0.25) is 0 Å². The molecule has 0 fully saturated rings. The highest BCUT2D eigenvalue weighted by molar-refractivity contribution is 5.75. The van der Waals surface area contributed by atoms with Crippen LogP contribution in [0.3, 0.4) is 0 Å². The fourth-order valence-corrected chi connectivity index (χ4v) is 5.83. The number of aryl methyl sites for hydroxylation is 1. The Kier molecular flexibility index (Phi) is 9.28. The van der Waals surface area contributed by atoms with Gasteiger partial charge in [0, 0.05) is 17.8 Å². The predicted molar refractivity (Wildman–Crippen MR) is 174 cm³/mol. The number of benzene rings is 3. The fraction of sp³-hybridized carbons (Fsp3) is 0.333. The van der Waals surface area contributed by atoms with Gasteiger partial charge >= 0.3 is 0 Å². The minimum absolute atomic E-state index is 0.550. The highest BCUT2D eigenvalue weighted by atomic mass is 16.5. The summed E-state index contributed by atoms with van der Waals surface area (Å²) in [6.45, 7) is 4.85. The quantitative estimate of drug-likeness (QED) is 0.154. The van der Waals surface area contributed by atoms with Crippen molar-refractivity contribution in [2.24, 2.45) is 4.99 Å². The number of aliphatic imine (C=N–C) groups is 1. The number of hydrogen-bond acceptors (Lipinski definition) is 7. The molecule has 5 rings (SSSR count). The Bertz CT molecular complexity index is 1620. The van der Waals surface area contributed by atoms with E-state index in [0.29, 0.717) is 41.8 Å². The van der Waals surface area contributed by atoms with Gasteiger partial charge in [0.2, 0.25) is 5.88 Å². The molecule has 0 saturated carbocycles. The summed E-state index contributed by atoms with van der Waals surface area (Å²) >= 11 is 0. The number of rotatable bonds is 14. The molecule has 44 heavy (non-hydrogen) atoms. The molecule has 230 valence electrons. The van der Waals surface area contributed by atoms with E-state index < -0.39 is 11.1 Å². The zero-order chi connectivity index (χ0) is 31.2. The van der Waals surface area contributed by atoms with Gasteiger partial charge in [-0.1, -0.05) is 49.4 Å². The molecule has 1 aliphatic rings. The van der Waals surface area contributed by atoms with Crippen LogP contribution in [0.15, 0.2) is 89.9 Å². The normalized spacial score (nSPS) is 16.9. The van der Waals surface area contributed by atoms with E-state index in [0.717, 1.165) is 35.2 Å². The summed E-state index contributed by atoms with van der Waals surface area (Å²) in [5.41, 5.74) is 2.67. The van der Waals surface area contributed by atoms with Crippen molar-refractivity contribution in [2.45, 2.75) is 50.8 Å². The third kappa shape index (κ3) is 6.16. The van der Waals surface area contributed by atoms with E-state index >= 15 is 0 Å². The van der Waals surface area contributed by atoms with Gasteiger partial charge in [-0.25, -0.2) is 4.68 Å². The van der Waals surface area contributed by atoms with Gasteiger partial charge in [-0.3, -0.25) is 4.99 Å². The van der Waals surface area contributed by atoms with Crippen LogP contribution in [0.1, 0.15) is 37.8 Å². The lowest BCUT2D eigenvalue weighted by Gasteiger charge is -2.43. The van der Waals surface area contributed by atoms with Gasteiger partial charge in [-0.05, 0) is 73.7 Å². The summed E-state index contributed by atoms with van der Waals surface area (Å²) in [6.07, 6.45) is 8.18. The Hall–Kier alpha value is -4.72. The highest BCUT2D eigenvalue weighted by Crippen LogP contribution is 2.42. The van der Waals surface area contributed by atoms with E-state index in [-0.39, 0.29) is 0 Å². The summed E-state index contributed by atoms with van der Waals surface area (Å²) < 4.78 is 31.2. The van der Waals surface area contributed by atoms with Crippen LogP contribution in [0.4, 0.5) is 0 Å². The zero-order valence-corrected chi connectivity index (χ0v) is 26.4. The molecule has 2 unspecified atom stereocenters. The highest BCUT2D eigenvalue weighted by Gasteiger charge is 2.49. The zero-order valence-electron chi connectivity index (χ0n) is 26.4. The van der Waals surface area contributed by atoms with E-state index in [2.05, 4.69) is 38.1 Å². The number of nitrogens with zero attached hydrogens (tertiary/aromatic N) is 3. The largest absolute Gasteiger partial charge is 0.493 e. The first kappa shape index (κ1) is 30.7. The number of aromatic nitrogens is 2. The SMILES string of the molecule is CCC(CCc1ccc(OC)c(OC)c1)(Oc1cc(-c2ccc(OC)c(OC)c2)nn1Cc1ccccc1)C1(C)C=CC=N1. The second kappa shape index (κ2) is 13.3. The maximum atomic E-state index is 7.19. The van der Waals surface area contributed by atoms with E-state index in [1.807, 2.05) is 71.6 Å². The second-order valence-corrected chi connectivity index (χ2v) is 11.0. The maximum absolute atomic E-state index is 7.19. The van der Waals surface area contributed by atoms with Crippen molar-refractivity contribution in [3.8, 4) is 40.1 Å². The molecule has 4 aromatic rings. The second-order valence-electron chi connectivity index (χ2n) is 11.0. The van der Waals surface area contributed by atoms with Crippen LogP contribution in [0.5, 0.6) is 28.9 Å². The van der Waals surface area contributed by atoms with Crippen molar-refractivity contribution in [1.29, 1.82) is 0 Å². The lowest BCUT2D eigenvalue weighted by atomic mass is 9.75. The molecule has 0 amide bonds. The first-order valence-electron chi connectivity index (χ1n) is 14.8. The third-order valence-electron chi connectivity index (χ3n) is 8.51. The van der Waals surface area contributed by atoms with Gasteiger partial charge in [-0.15, -0.1) is 0 Å². The lowest BCUT2D eigenvalue weighted by Crippen LogP contribution is -2.54. The molecule has 0 aliphatic carbocycles. The molecule has 2 heterocycles. The van der Waals surface area contributed by atoms with Crippen molar-refractivity contribution in [1.82, 2.24) is 9.78 Å². The number of hydrogen-bond donors (Lipinski definition) is 0. The minimum Gasteiger partial charge on any atom is -0.493 e. The molecule has 1 aliphatic heterocycles. The van der Waals surface area contributed by atoms with E-state index in [1.165, 1.54) is 0 Å². The Morgan fingerprint density at radius 2 is 1.45 bits per heavy atom. The molecular weight excluding hydrogens is 554 g/mol. The average molecular weight is 596 g/mol. The van der Waals surface area contributed by atoms with Gasteiger partial charge in [0.15, 0.2) is 23.0 Å². The third-order valence-corrected chi connectivity index (χ3v) is 8.51. The molecule has 0 N–H and O–H groups in total.